The van der Waals surface area contributed by atoms with Crippen LogP contribution in [0.15, 0.2) is 24.3 Å². The molecule has 0 radical (unpaired) electrons. The summed E-state index contributed by atoms with van der Waals surface area (Å²) in [6.07, 6.45) is 0. The number of anilines is 2. The number of nitrogens with zero attached hydrogens (tertiary/aromatic N) is 2. The Morgan fingerprint density at radius 1 is 1.35 bits per heavy atom. The number of aryl methyl sites for hydroxylation is 1. The predicted molar refractivity (Wildman–Crippen MR) is 78.4 cm³/mol. The number of benzene rings is 1. The van der Waals surface area contributed by atoms with Gasteiger partial charge in [0.25, 0.3) is 0 Å². The van der Waals surface area contributed by atoms with E-state index in [1.54, 1.807) is 31.2 Å². The van der Waals surface area contributed by atoms with Crippen LogP contribution in [-0.4, -0.2) is 31.0 Å². The maximum Gasteiger partial charge on any atom is 0.237 e. The first kappa shape index (κ1) is 14.5. The number of sulfonamides is 1. The molecule has 0 saturated heterocycles. The van der Waals surface area contributed by atoms with Gasteiger partial charge in [-0.1, -0.05) is 23.5 Å². The lowest BCUT2D eigenvalue weighted by molar-refractivity contribution is 0.343. The molecule has 0 amide bonds. The molecule has 0 aliphatic rings. The van der Waals surface area contributed by atoms with Gasteiger partial charge in [0.05, 0.1) is 5.69 Å². The Hall–Kier alpha value is -1.87. The van der Waals surface area contributed by atoms with Gasteiger partial charge in [-0.15, -0.1) is 10.2 Å². The summed E-state index contributed by atoms with van der Waals surface area (Å²) in [6, 6.07) is 6.91. The smallest absolute Gasteiger partial charge is 0.237 e. The van der Waals surface area contributed by atoms with Gasteiger partial charge in [-0.25, -0.2) is 8.42 Å². The van der Waals surface area contributed by atoms with Crippen molar-refractivity contribution in [2.75, 3.05) is 22.8 Å². The van der Waals surface area contributed by atoms with Crippen molar-refractivity contribution in [1.82, 2.24) is 10.2 Å². The van der Waals surface area contributed by atoms with E-state index in [9.17, 15) is 8.42 Å². The van der Waals surface area contributed by atoms with E-state index in [0.717, 1.165) is 0 Å². The third-order valence-corrected chi connectivity index (χ3v) is 4.39. The second kappa shape index (κ2) is 6.06. The Morgan fingerprint density at radius 2 is 2.10 bits per heavy atom. The molecule has 2 rings (SSSR count). The lowest BCUT2D eigenvalue weighted by Gasteiger charge is -2.09. The molecule has 2 aromatic rings. The van der Waals surface area contributed by atoms with Crippen LogP contribution in [0.5, 0.6) is 5.75 Å². The van der Waals surface area contributed by atoms with Crippen molar-refractivity contribution in [2.24, 2.45) is 0 Å². The Kier molecular flexibility index (Phi) is 4.40. The van der Waals surface area contributed by atoms with E-state index in [1.807, 2.05) is 0 Å². The van der Waals surface area contributed by atoms with E-state index in [4.69, 9.17) is 10.5 Å². The first-order chi connectivity index (χ1) is 9.46. The molecule has 0 fully saturated rings. The number of nitrogens with two attached hydrogens (primary N) is 1. The number of aromatic nitrogens is 2. The second-order valence-electron chi connectivity index (χ2n) is 3.93. The monoisotopic (exact) mass is 314 g/mol. The summed E-state index contributed by atoms with van der Waals surface area (Å²) < 4.78 is 31.3. The van der Waals surface area contributed by atoms with Crippen LogP contribution < -0.4 is 15.2 Å². The van der Waals surface area contributed by atoms with Crippen molar-refractivity contribution in [3.05, 3.63) is 29.3 Å². The Labute approximate surface area is 120 Å². The lowest BCUT2D eigenvalue weighted by atomic mass is 10.3. The van der Waals surface area contributed by atoms with Crippen LogP contribution in [0.3, 0.4) is 0 Å². The molecule has 0 saturated carbocycles. The summed E-state index contributed by atoms with van der Waals surface area (Å²) in [6.45, 7) is 1.75. The average Bonchev–Trinajstić information content (AvgIpc) is 2.76. The number of hydrogen-bond acceptors (Lipinski definition) is 7. The van der Waals surface area contributed by atoms with E-state index in [0.29, 0.717) is 16.4 Å². The number of ether oxygens (including phenoxy) is 1. The first-order valence-corrected chi connectivity index (χ1v) is 8.21. The van der Waals surface area contributed by atoms with Gasteiger partial charge < -0.3 is 10.5 Å². The van der Waals surface area contributed by atoms with Gasteiger partial charge in [-0.3, -0.25) is 4.72 Å². The van der Waals surface area contributed by atoms with Crippen molar-refractivity contribution in [3.63, 3.8) is 0 Å². The van der Waals surface area contributed by atoms with Gasteiger partial charge in [0.15, 0.2) is 0 Å². The Bertz CT molecular complexity index is 684. The molecule has 0 bridgehead atoms. The molecule has 108 valence electrons. The summed E-state index contributed by atoms with van der Waals surface area (Å²) in [4.78, 5) is 0. The van der Waals surface area contributed by atoms with Crippen LogP contribution >= 0.6 is 11.3 Å². The number of nitrogens with one attached hydrogen (secondary N) is 1. The third kappa shape index (κ3) is 4.07. The van der Waals surface area contributed by atoms with Crippen LogP contribution in [-0.2, 0) is 10.0 Å². The number of hydrogen-bond donors (Lipinski definition) is 2. The van der Waals surface area contributed by atoms with E-state index < -0.39 is 10.0 Å². The molecule has 3 N–H and O–H groups in total. The highest BCUT2D eigenvalue weighted by Crippen LogP contribution is 2.20. The summed E-state index contributed by atoms with van der Waals surface area (Å²) in [5, 5.41) is 8.38. The zero-order valence-corrected chi connectivity index (χ0v) is 12.4. The summed E-state index contributed by atoms with van der Waals surface area (Å²) in [7, 11) is -3.51. The molecule has 9 heteroatoms. The summed E-state index contributed by atoms with van der Waals surface area (Å²) in [5.41, 5.74) is 6.16. The maximum absolute atomic E-state index is 11.8. The van der Waals surface area contributed by atoms with Gasteiger partial charge in [0.2, 0.25) is 15.2 Å². The standard InChI is InChI=1S/C11H14N4O3S2/c1-8-13-14-11(19-8)15-20(16,17)7-6-18-10-5-3-2-4-9(10)12/h2-5H,6-7,12H2,1H3,(H,14,15). The number of rotatable bonds is 6. The van der Waals surface area contributed by atoms with Gasteiger partial charge in [0, 0.05) is 0 Å². The zero-order valence-electron chi connectivity index (χ0n) is 10.7. The second-order valence-corrected chi connectivity index (χ2v) is 6.96. The van der Waals surface area contributed by atoms with Crippen LogP contribution in [0.25, 0.3) is 0 Å². The molecule has 7 nitrogen and oxygen atoms in total. The van der Waals surface area contributed by atoms with Gasteiger partial charge in [-0.2, -0.15) is 0 Å². The molecule has 0 spiro atoms. The number of para-hydroxylation sites is 2. The highest BCUT2D eigenvalue weighted by molar-refractivity contribution is 7.92. The molecule has 1 aromatic heterocycles. The Morgan fingerprint density at radius 3 is 2.75 bits per heavy atom. The summed E-state index contributed by atoms with van der Waals surface area (Å²) in [5.74, 6) is 0.273. The molecule has 1 heterocycles. The minimum absolute atomic E-state index is 0.00132. The van der Waals surface area contributed by atoms with E-state index in [2.05, 4.69) is 14.9 Å². The average molecular weight is 314 g/mol. The van der Waals surface area contributed by atoms with Crippen LogP contribution in [0.4, 0.5) is 10.8 Å². The lowest BCUT2D eigenvalue weighted by Crippen LogP contribution is -2.21. The third-order valence-electron chi connectivity index (χ3n) is 2.30. The molecule has 0 unspecified atom stereocenters. The fraction of sp³-hybridized carbons (Fsp3) is 0.273. The molecule has 0 aliphatic carbocycles. The van der Waals surface area contributed by atoms with E-state index >= 15 is 0 Å². The molecule has 0 aliphatic heterocycles. The van der Waals surface area contributed by atoms with Crippen LogP contribution in [0.2, 0.25) is 0 Å². The highest BCUT2D eigenvalue weighted by atomic mass is 32.2. The quantitative estimate of drug-likeness (QED) is 0.777. The van der Waals surface area contributed by atoms with Crippen molar-refractivity contribution >= 4 is 32.2 Å². The molecular formula is C11H14N4O3S2. The highest BCUT2D eigenvalue weighted by Gasteiger charge is 2.13. The van der Waals surface area contributed by atoms with Crippen molar-refractivity contribution in [2.45, 2.75) is 6.92 Å². The van der Waals surface area contributed by atoms with Gasteiger partial charge in [-0.05, 0) is 19.1 Å². The SMILES string of the molecule is Cc1nnc(NS(=O)(=O)CCOc2ccccc2N)s1. The largest absolute Gasteiger partial charge is 0.490 e. The van der Waals surface area contributed by atoms with Crippen molar-refractivity contribution in [3.8, 4) is 5.75 Å². The van der Waals surface area contributed by atoms with Crippen molar-refractivity contribution < 1.29 is 13.2 Å². The first-order valence-electron chi connectivity index (χ1n) is 5.74. The van der Waals surface area contributed by atoms with Gasteiger partial charge >= 0.3 is 0 Å². The molecule has 20 heavy (non-hydrogen) atoms. The van der Waals surface area contributed by atoms with Crippen LogP contribution in [0, 0.1) is 6.92 Å². The molecular weight excluding hydrogens is 300 g/mol. The van der Waals surface area contributed by atoms with E-state index in [1.165, 1.54) is 11.3 Å². The topological polar surface area (TPSA) is 107 Å². The fourth-order valence-electron chi connectivity index (χ4n) is 1.40. The Balaban J connectivity index is 1.88. The minimum atomic E-state index is -3.51. The number of nitrogen functional groups attached to an aromatic ring is 1. The van der Waals surface area contributed by atoms with Gasteiger partial charge in [0.1, 0.15) is 23.1 Å². The minimum Gasteiger partial charge on any atom is -0.490 e. The fourth-order valence-corrected chi connectivity index (χ4v) is 3.10. The van der Waals surface area contributed by atoms with Crippen molar-refractivity contribution in [1.29, 1.82) is 0 Å². The predicted octanol–water partition coefficient (Wildman–Crippen LogP) is 1.25. The molecule has 0 atom stereocenters. The van der Waals surface area contributed by atoms with E-state index in [-0.39, 0.29) is 17.5 Å². The molecule has 1 aromatic carbocycles. The summed E-state index contributed by atoms with van der Waals surface area (Å²) >= 11 is 1.17. The maximum atomic E-state index is 11.8. The normalized spacial score (nSPS) is 11.2. The zero-order chi connectivity index (χ0) is 14.6. The van der Waals surface area contributed by atoms with Crippen LogP contribution in [0.1, 0.15) is 5.01 Å².